The van der Waals surface area contributed by atoms with E-state index in [2.05, 4.69) is 19.9 Å². The van der Waals surface area contributed by atoms with Crippen LogP contribution in [0.1, 0.15) is 70.8 Å². The van der Waals surface area contributed by atoms with Crippen molar-refractivity contribution < 1.29 is 29.3 Å². The van der Waals surface area contributed by atoms with E-state index in [4.69, 9.17) is 9.84 Å². The Morgan fingerprint density at radius 3 is 2.55 bits per heavy atom. The highest BCUT2D eigenvalue weighted by atomic mass is 16.5. The Morgan fingerprint density at radius 1 is 1.02 bits per heavy atom. The number of rotatable bonds is 11. The van der Waals surface area contributed by atoms with Crippen molar-refractivity contribution in [1.29, 1.82) is 0 Å². The van der Waals surface area contributed by atoms with Gasteiger partial charge in [0.15, 0.2) is 0 Å². The zero-order valence-corrected chi connectivity index (χ0v) is 23.4. The van der Waals surface area contributed by atoms with Gasteiger partial charge in [0.1, 0.15) is 5.75 Å². The molecule has 5 rings (SSSR count). The third kappa shape index (κ3) is 5.44. The normalized spacial score (nSPS) is 24.6. The highest BCUT2D eigenvalue weighted by Gasteiger charge is 2.56. The van der Waals surface area contributed by atoms with Gasteiger partial charge in [0.25, 0.3) is 0 Å². The summed E-state index contributed by atoms with van der Waals surface area (Å²) in [7, 11) is 0. The number of amides is 2. The number of carboxylic acid groups (broad SMARTS) is 1. The van der Waals surface area contributed by atoms with Crippen LogP contribution in [0.2, 0.25) is 0 Å². The Morgan fingerprint density at radius 2 is 1.80 bits per heavy atom. The lowest BCUT2D eigenvalue weighted by Gasteiger charge is -2.30. The zero-order chi connectivity index (χ0) is 28.4. The van der Waals surface area contributed by atoms with Crippen LogP contribution in [0.25, 0.3) is 16.8 Å². The second kappa shape index (κ2) is 12.0. The van der Waals surface area contributed by atoms with Crippen LogP contribution >= 0.6 is 0 Å². The van der Waals surface area contributed by atoms with Gasteiger partial charge in [-0.2, -0.15) is 0 Å². The maximum Gasteiger partial charge on any atom is 0.303 e. The van der Waals surface area contributed by atoms with Crippen molar-refractivity contribution in [2.45, 2.75) is 71.3 Å². The summed E-state index contributed by atoms with van der Waals surface area (Å²) in [6, 6.07) is 11.6. The lowest BCUT2D eigenvalue weighted by Crippen LogP contribution is -2.34. The van der Waals surface area contributed by atoms with Gasteiger partial charge in [-0.05, 0) is 68.0 Å². The average molecular weight is 546 g/mol. The van der Waals surface area contributed by atoms with Crippen molar-refractivity contribution in [3.8, 4) is 5.75 Å². The van der Waals surface area contributed by atoms with E-state index in [9.17, 15) is 19.5 Å². The first-order valence-electron chi connectivity index (χ1n) is 14.6. The number of ether oxygens (including phenoxy) is 1. The fraction of sp³-hybridized carbons (Fsp3) is 0.485. The lowest BCUT2D eigenvalue weighted by molar-refractivity contribution is -0.141. The molecule has 0 spiro atoms. The Balaban J connectivity index is 1.26. The van der Waals surface area contributed by atoms with Gasteiger partial charge < -0.3 is 14.9 Å². The Bertz CT molecular complexity index is 1370. The van der Waals surface area contributed by atoms with Gasteiger partial charge >= 0.3 is 5.97 Å². The van der Waals surface area contributed by atoms with Crippen LogP contribution in [-0.2, 0) is 19.1 Å². The molecule has 0 unspecified atom stereocenters. The molecule has 2 amide bonds. The van der Waals surface area contributed by atoms with Crippen molar-refractivity contribution in [3.63, 3.8) is 0 Å². The van der Waals surface area contributed by atoms with Crippen LogP contribution in [0.15, 0.2) is 53.1 Å². The summed E-state index contributed by atoms with van der Waals surface area (Å²) in [5.41, 5.74) is 4.79. The topological polar surface area (TPSA) is 104 Å². The van der Waals surface area contributed by atoms with Crippen molar-refractivity contribution in [3.05, 3.63) is 58.7 Å². The first kappa shape index (κ1) is 28.1. The third-order valence-corrected chi connectivity index (χ3v) is 8.99. The monoisotopic (exact) mass is 545 g/mol. The number of aromatic hydroxyl groups is 1. The second-order valence-corrected chi connectivity index (χ2v) is 11.4. The van der Waals surface area contributed by atoms with E-state index in [1.807, 2.05) is 30.3 Å². The summed E-state index contributed by atoms with van der Waals surface area (Å²) >= 11 is 0. The quantitative estimate of drug-likeness (QED) is 0.201. The third-order valence-electron chi connectivity index (χ3n) is 8.99. The molecule has 0 aromatic heterocycles. The highest BCUT2D eigenvalue weighted by molar-refractivity contribution is 6.06. The summed E-state index contributed by atoms with van der Waals surface area (Å²) in [5.74, 6) is -1.40. The zero-order valence-electron chi connectivity index (χ0n) is 23.4. The molecule has 0 saturated carbocycles. The Hall–Kier alpha value is -3.45. The number of hydrogen-bond donors (Lipinski definition) is 2. The first-order valence-corrected chi connectivity index (χ1v) is 14.6. The van der Waals surface area contributed by atoms with Gasteiger partial charge in [0.05, 0.1) is 24.5 Å². The van der Waals surface area contributed by atoms with E-state index in [1.165, 1.54) is 21.6 Å². The fourth-order valence-electron chi connectivity index (χ4n) is 6.96. The molecule has 0 radical (unpaired) electrons. The standard InChI is InChI=1S/C33H39NO6/c1-3-21(18-22-13-14-27(35)24-10-7-6-9-23(22)24)12-15-28-30-20(2)17-25-31(26(30)19-40-28)33(39)34(32(25)38)16-8-4-5-11-29(36)37/h6-7,9-10,13-14,18,25-26,28,31,35H,3-5,8,11-12,15-17,19H2,1-2H3,(H,36,37)/b21-18+/t25-,26+,28-,31-/m1/s1. The molecule has 7 nitrogen and oxygen atoms in total. The molecule has 0 bridgehead atoms. The molecule has 2 aliphatic heterocycles. The van der Waals surface area contributed by atoms with Crippen LogP contribution in [0.4, 0.5) is 0 Å². The van der Waals surface area contributed by atoms with E-state index >= 15 is 0 Å². The summed E-state index contributed by atoms with van der Waals surface area (Å²) in [4.78, 5) is 38.8. The van der Waals surface area contributed by atoms with Crippen LogP contribution in [0.5, 0.6) is 5.75 Å². The number of unbranched alkanes of at least 4 members (excludes halogenated alkanes) is 2. The van der Waals surface area contributed by atoms with Crippen LogP contribution in [0.3, 0.4) is 0 Å². The number of fused-ring (bicyclic) bond motifs is 4. The average Bonchev–Trinajstić information content (AvgIpc) is 3.47. The van der Waals surface area contributed by atoms with E-state index in [0.717, 1.165) is 35.6 Å². The minimum Gasteiger partial charge on any atom is -0.507 e. The van der Waals surface area contributed by atoms with Crippen molar-refractivity contribution >= 4 is 34.6 Å². The summed E-state index contributed by atoms with van der Waals surface area (Å²) in [6.07, 6.45) is 7.35. The molecule has 2 aromatic rings. The molecule has 3 aliphatic rings. The lowest BCUT2D eigenvalue weighted by atomic mass is 9.70. The molecule has 2 fully saturated rings. The van der Waals surface area contributed by atoms with E-state index in [-0.39, 0.29) is 47.8 Å². The SMILES string of the molecule is CC/C(=C\c1ccc(O)c2ccccc12)CC[C@H]1OC[C@H]2C1=C(C)C[C@H]1C(=O)N(CCCCCC(=O)O)C(=O)[C@H]12. The number of likely N-dealkylation sites (tertiary alicyclic amines) is 1. The van der Waals surface area contributed by atoms with Crippen molar-refractivity contribution in [2.24, 2.45) is 17.8 Å². The molecule has 212 valence electrons. The van der Waals surface area contributed by atoms with Gasteiger partial charge in [0, 0.05) is 24.3 Å². The van der Waals surface area contributed by atoms with E-state index in [1.54, 1.807) is 6.07 Å². The van der Waals surface area contributed by atoms with Gasteiger partial charge in [-0.15, -0.1) is 0 Å². The highest BCUT2D eigenvalue weighted by Crippen LogP contribution is 2.49. The maximum absolute atomic E-state index is 13.4. The van der Waals surface area contributed by atoms with Crippen molar-refractivity contribution in [2.75, 3.05) is 13.2 Å². The van der Waals surface area contributed by atoms with Gasteiger partial charge in [-0.3, -0.25) is 19.3 Å². The number of aliphatic carboxylic acids is 1. The number of carbonyl (C=O) groups is 3. The molecule has 2 heterocycles. The molecule has 4 atom stereocenters. The maximum atomic E-state index is 13.4. The van der Waals surface area contributed by atoms with Crippen LogP contribution < -0.4 is 0 Å². The molecular formula is C33H39NO6. The number of phenols is 1. The first-order chi connectivity index (χ1) is 19.3. The summed E-state index contributed by atoms with van der Waals surface area (Å²) in [6.45, 7) is 5.08. The molecular weight excluding hydrogens is 506 g/mol. The molecule has 1 aliphatic carbocycles. The number of carbonyl (C=O) groups excluding carboxylic acids is 2. The summed E-state index contributed by atoms with van der Waals surface area (Å²) < 4.78 is 6.31. The van der Waals surface area contributed by atoms with Gasteiger partial charge in [-0.25, -0.2) is 0 Å². The van der Waals surface area contributed by atoms with E-state index < -0.39 is 5.97 Å². The van der Waals surface area contributed by atoms with E-state index in [0.29, 0.717) is 38.8 Å². The number of imide groups is 1. The molecule has 2 N–H and O–H groups in total. The Labute approximate surface area is 235 Å². The van der Waals surface area contributed by atoms with Gasteiger partial charge in [0.2, 0.25) is 11.8 Å². The number of benzene rings is 2. The molecule has 2 aromatic carbocycles. The number of allylic oxidation sites excluding steroid dienone is 2. The summed E-state index contributed by atoms with van der Waals surface area (Å²) in [5, 5.41) is 21.0. The second-order valence-electron chi connectivity index (χ2n) is 11.4. The minimum absolute atomic E-state index is 0.0488. The number of nitrogens with zero attached hydrogens (tertiary/aromatic N) is 1. The number of hydrogen-bond acceptors (Lipinski definition) is 5. The molecule has 7 heteroatoms. The number of carboxylic acids is 1. The van der Waals surface area contributed by atoms with Crippen molar-refractivity contribution in [1.82, 2.24) is 4.90 Å². The minimum atomic E-state index is -0.820. The predicted octanol–water partition coefficient (Wildman–Crippen LogP) is 6.10. The van der Waals surface area contributed by atoms with Crippen LogP contribution in [-0.4, -0.2) is 52.2 Å². The fourth-order valence-corrected chi connectivity index (χ4v) is 6.96. The van der Waals surface area contributed by atoms with Crippen LogP contribution in [0, 0.1) is 17.8 Å². The predicted molar refractivity (Wildman–Crippen MR) is 153 cm³/mol. The molecule has 2 saturated heterocycles. The number of phenolic OH excluding ortho intramolecular Hbond substituents is 1. The Kier molecular flexibility index (Phi) is 8.40. The molecule has 40 heavy (non-hydrogen) atoms. The van der Waals surface area contributed by atoms with Gasteiger partial charge in [-0.1, -0.05) is 60.9 Å². The smallest absolute Gasteiger partial charge is 0.303 e. The largest absolute Gasteiger partial charge is 0.507 e.